The molecule has 5 heterocycles. The molecule has 0 saturated heterocycles. The van der Waals surface area contributed by atoms with Crippen LogP contribution < -0.4 is 37.7 Å². The molecule has 4 nitrogen and oxygen atoms in total. The van der Waals surface area contributed by atoms with Gasteiger partial charge in [0, 0.05) is 69.4 Å². The molecule has 268 valence electrons. The number of para-hydroxylation sites is 2. The number of rotatable bonds is 5. The zero-order valence-electron chi connectivity index (χ0n) is 31.6. The van der Waals surface area contributed by atoms with Gasteiger partial charge in [0.1, 0.15) is 0 Å². The number of benzene rings is 7. The average molecular weight is 736 g/mol. The molecule has 12 rings (SSSR count). The van der Waals surface area contributed by atoms with Crippen molar-refractivity contribution in [1.82, 2.24) is 14.5 Å². The van der Waals surface area contributed by atoms with Gasteiger partial charge in [-0.1, -0.05) is 137 Å². The molecule has 3 aromatic heterocycles. The third kappa shape index (κ3) is 4.98. The number of hydrogen-bond donors (Lipinski definition) is 0. The summed E-state index contributed by atoms with van der Waals surface area (Å²) in [5.74, 6) is 0. The van der Waals surface area contributed by atoms with Crippen molar-refractivity contribution in [3.05, 3.63) is 207 Å². The second kappa shape index (κ2) is 13.1. The number of aromatic nitrogens is 3. The van der Waals surface area contributed by atoms with Gasteiger partial charge in [-0.05, 0) is 88.8 Å². The highest BCUT2D eigenvalue weighted by atomic mass is 15.2. The first-order valence-corrected chi connectivity index (χ1v) is 20.0. The van der Waals surface area contributed by atoms with Crippen molar-refractivity contribution in [3.63, 3.8) is 0 Å². The Balaban J connectivity index is 1.20. The number of nitrogens with zero attached hydrogens (tertiary/aromatic N) is 4. The topological polar surface area (TPSA) is 34.0 Å². The lowest BCUT2D eigenvalue weighted by atomic mass is 9.20. The molecule has 0 N–H and O–H groups in total. The van der Waals surface area contributed by atoms with E-state index < -0.39 is 0 Å². The number of pyridine rings is 2. The maximum atomic E-state index is 4.46. The first-order valence-electron chi connectivity index (χ1n) is 20.0. The Morgan fingerprint density at radius 3 is 1.57 bits per heavy atom. The monoisotopic (exact) mass is 736 g/mol. The predicted molar refractivity (Wildman–Crippen MR) is 244 cm³/mol. The molecule has 10 aromatic rings. The molecule has 6 heteroatoms. The third-order valence-corrected chi connectivity index (χ3v) is 12.3. The fourth-order valence-electron chi connectivity index (χ4n) is 9.85. The lowest BCUT2D eigenvalue weighted by Crippen LogP contribution is -2.76. The maximum Gasteiger partial charge on any atom is 0.245 e. The molecule has 0 fully saturated rings. The molecule has 0 saturated carbocycles. The van der Waals surface area contributed by atoms with Crippen molar-refractivity contribution in [2.24, 2.45) is 0 Å². The molecule has 2 aliphatic rings. The SMILES string of the molecule is c1ccc(B2c3ccccc3B3c4ccccc4N(c4ccccc4)c4cc(-n5c6ccc(-c7cccnc7)cc6c6cc(-c7cccnc7)ccc65)cc2c43)cc1. The van der Waals surface area contributed by atoms with Crippen LogP contribution >= 0.6 is 0 Å². The molecule has 0 aliphatic carbocycles. The molecule has 58 heavy (non-hydrogen) atoms. The molecule has 7 aromatic carbocycles. The minimum absolute atomic E-state index is 0.0488. The van der Waals surface area contributed by atoms with Gasteiger partial charge in [0.05, 0.1) is 11.0 Å². The van der Waals surface area contributed by atoms with Crippen LogP contribution in [0.1, 0.15) is 0 Å². The summed E-state index contributed by atoms with van der Waals surface area (Å²) < 4.78 is 2.49. The Hall–Kier alpha value is -7.43. The van der Waals surface area contributed by atoms with Gasteiger partial charge in [0.25, 0.3) is 0 Å². The standard InChI is InChI=1S/C52H34B2N4/c1-3-15-39(16-4-1)53-44-19-7-8-20-45(44)54-46-21-9-10-22-50(46)57(40-17-5-2-6-18-40)51-32-41(31-47(53)52(51)54)58-48-25-23-35(37-13-11-27-55-33-37)29-42(48)43-30-36(24-26-49(43)58)38-14-12-28-56-34-38/h1-34H. The van der Waals surface area contributed by atoms with E-state index in [2.05, 4.69) is 189 Å². The van der Waals surface area contributed by atoms with Crippen molar-refractivity contribution in [3.8, 4) is 27.9 Å². The number of fused-ring (bicyclic) bond motifs is 7. The number of hydrogen-bond acceptors (Lipinski definition) is 3. The normalized spacial score (nSPS) is 12.7. The van der Waals surface area contributed by atoms with Crippen LogP contribution in [0.25, 0.3) is 49.7 Å². The van der Waals surface area contributed by atoms with Crippen LogP contribution in [0.5, 0.6) is 0 Å². The lowest BCUT2D eigenvalue weighted by molar-refractivity contribution is 1.17. The van der Waals surface area contributed by atoms with E-state index in [9.17, 15) is 0 Å². The highest BCUT2D eigenvalue weighted by Gasteiger charge is 2.45. The van der Waals surface area contributed by atoms with E-state index in [1.165, 1.54) is 54.9 Å². The van der Waals surface area contributed by atoms with E-state index in [1.54, 1.807) is 0 Å². The lowest BCUT2D eigenvalue weighted by Gasteiger charge is -2.42. The second-order valence-corrected chi connectivity index (χ2v) is 15.4. The van der Waals surface area contributed by atoms with Gasteiger partial charge in [-0.15, -0.1) is 0 Å². The van der Waals surface area contributed by atoms with Crippen molar-refractivity contribution in [2.75, 3.05) is 4.90 Å². The summed E-state index contributed by atoms with van der Waals surface area (Å²) in [5.41, 5.74) is 19.6. The third-order valence-electron chi connectivity index (χ3n) is 12.3. The summed E-state index contributed by atoms with van der Waals surface area (Å²) in [4.78, 5) is 11.4. The molecule has 0 radical (unpaired) electrons. The van der Waals surface area contributed by atoms with Gasteiger partial charge in [-0.25, -0.2) is 0 Å². The van der Waals surface area contributed by atoms with Crippen LogP contribution in [-0.2, 0) is 0 Å². The minimum Gasteiger partial charge on any atom is -0.311 e. The molecule has 2 aliphatic heterocycles. The molecule has 0 amide bonds. The van der Waals surface area contributed by atoms with Crippen LogP contribution in [-0.4, -0.2) is 28.0 Å². The van der Waals surface area contributed by atoms with Crippen LogP contribution in [0.15, 0.2) is 207 Å². The van der Waals surface area contributed by atoms with Gasteiger partial charge < -0.3 is 9.47 Å². The smallest absolute Gasteiger partial charge is 0.245 e. The molecule has 0 bridgehead atoms. The fourth-order valence-corrected chi connectivity index (χ4v) is 9.85. The van der Waals surface area contributed by atoms with Crippen molar-refractivity contribution in [2.45, 2.75) is 0 Å². The van der Waals surface area contributed by atoms with E-state index in [4.69, 9.17) is 0 Å². The first-order chi connectivity index (χ1) is 28.8. The van der Waals surface area contributed by atoms with Gasteiger partial charge in [-0.2, -0.15) is 0 Å². The first kappa shape index (κ1) is 32.8. The van der Waals surface area contributed by atoms with Crippen molar-refractivity contribution in [1.29, 1.82) is 0 Å². The Kier molecular flexibility index (Phi) is 7.39. The van der Waals surface area contributed by atoms with E-state index in [0.717, 1.165) is 44.7 Å². The highest BCUT2D eigenvalue weighted by molar-refractivity contribution is 7.12. The molecular formula is C52H34B2N4. The number of anilines is 3. The summed E-state index contributed by atoms with van der Waals surface area (Å²) in [5, 5.41) is 2.39. The van der Waals surface area contributed by atoms with Crippen LogP contribution in [0.4, 0.5) is 17.1 Å². The van der Waals surface area contributed by atoms with Crippen LogP contribution in [0.3, 0.4) is 0 Å². The molecule has 0 spiro atoms. The quantitative estimate of drug-likeness (QED) is 0.168. The van der Waals surface area contributed by atoms with Gasteiger partial charge in [0.2, 0.25) is 13.4 Å². The van der Waals surface area contributed by atoms with E-state index in [0.29, 0.717) is 0 Å². The second-order valence-electron chi connectivity index (χ2n) is 15.4. The largest absolute Gasteiger partial charge is 0.311 e. The Morgan fingerprint density at radius 1 is 0.379 bits per heavy atom. The van der Waals surface area contributed by atoms with Gasteiger partial charge in [-0.3, -0.25) is 9.97 Å². The van der Waals surface area contributed by atoms with E-state index in [1.807, 2.05) is 36.9 Å². The summed E-state index contributed by atoms with van der Waals surface area (Å²) in [6, 6.07) is 67.1. The van der Waals surface area contributed by atoms with E-state index >= 15 is 0 Å². The Morgan fingerprint density at radius 2 is 0.948 bits per heavy atom. The minimum atomic E-state index is 0.0488. The summed E-state index contributed by atoms with van der Waals surface area (Å²) in [6.07, 6.45) is 7.56. The Labute approximate surface area is 337 Å². The summed E-state index contributed by atoms with van der Waals surface area (Å²) in [6.45, 7) is 0.140. The van der Waals surface area contributed by atoms with E-state index in [-0.39, 0.29) is 13.4 Å². The van der Waals surface area contributed by atoms with Crippen LogP contribution in [0.2, 0.25) is 0 Å². The molecular weight excluding hydrogens is 702 g/mol. The molecule has 0 atom stereocenters. The highest BCUT2D eigenvalue weighted by Crippen LogP contribution is 2.40. The van der Waals surface area contributed by atoms with Gasteiger partial charge >= 0.3 is 0 Å². The summed E-state index contributed by atoms with van der Waals surface area (Å²) >= 11 is 0. The Bertz CT molecular complexity index is 2980. The van der Waals surface area contributed by atoms with Crippen molar-refractivity contribution < 1.29 is 0 Å². The van der Waals surface area contributed by atoms with Crippen molar-refractivity contribution >= 4 is 85.1 Å². The maximum absolute atomic E-state index is 4.46. The molecule has 0 unspecified atom stereocenters. The average Bonchev–Trinajstić information content (AvgIpc) is 3.63. The predicted octanol–water partition coefficient (Wildman–Crippen LogP) is 8.04. The van der Waals surface area contributed by atoms with Gasteiger partial charge in [0.15, 0.2) is 0 Å². The zero-order valence-corrected chi connectivity index (χ0v) is 31.6. The summed E-state index contributed by atoms with van der Waals surface area (Å²) in [7, 11) is 0. The zero-order chi connectivity index (χ0) is 38.2. The fraction of sp³-hybridized carbons (Fsp3) is 0. The van der Waals surface area contributed by atoms with Crippen LogP contribution in [0, 0.1) is 0 Å².